The molecule has 0 aromatic carbocycles. The van der Waals surface area contributed by atoms with Crippen LogP contribution in [0.3, 0.4) is 0 Å². The average molecular weight is 357 g/mol. The zero-order valence-corrected chi connectivity index (χ0v) is 17.4. The third kappa shape index (κ3) is 4.95. The molecule has 7 heteroatoms. The number of hydrogen-bond acceptors (Lipinski definition) is 5. The molecular weight excluding hydrogens is 324 g/mol. The Morgan fingerprint density at radius 3 is 2.08 bits per heavy atom. The predicted octanol–water partition coefficient (Wildman–Crippen LogP) is 3.88. The number of nitriles is 1. The van der Waals surface area contributed by atoms with E-state index >= 15 is 0 Å². The first-order chi connectivity index (χ1) is 10.8. The number of amides is 1. The summed E-state index contributed by atoms with van der Waals surface area (Å²) in [6.07, 6.45) is -2.41. The molecule has 0 saturated carbocycles. The van der Waals surface area contributed by atoms with Crippen molar-refractivity contribution in [2.45, 2.75) is 97.2 Å². The van der Waals surface area contributed by atoms with Crippen LogP contribution in [0.15, 0.2) is 0 Å². The molecule has 0 unspecified atom stereocenters. The lowest BCUT2D eigenvalue weighted by atomic mass is 10.2. The van der Waals surface area contributed by atoms with Crippen LogP contribution in [0.2, 0.25) is 18.1 Å². The van der Waals surface area contributed by atoms with E-state index in [1.807, 2.05) is 33.8 Å². The Kier molecular flexibility index (Phi) is 6.47. The van der Waals surface area contributed by atoms with Gasteiger partial charge in [0.05, 0.1) is 0 Å². The molecule has 3 atom stereocenters. The van der Waals surface area contributed by atoms with E-state index in [-0.39, 0.29) is 17.1 Å². The van der Waals surface area contributed by atoms with Crippen LogP contribution in [-0.4, -0.2) is 49.9 Å². The van der Waals surface area contributed by atoms with Gasteiger partial charge in [0.25, 0.3) is 0 Å². The molecular formula is C17H32N2O4Si. The third-order valence-corrected chi connectivity index (χ3v) is 9.11. The first-order valence-electron chi connectivity index (χ1n) is 8.53. The minimum atomic E-state index is -1.99. The highest BCUT2D eigenvalue weighted by atomic mass is 28.4. The predicted molar refractivity (Wildman–Crippen MR) is 94.9 cm³/mol. The molecule has 0 aliphatic carbocycles. The van der Waals surface area contributed by atoms with Crippen LogP contribution >= 0.6 is 0 Å². The fourth-order valence-corrected chi connectivity index (χ4v) is 3.36. The summed E-state index contributed by atoms with van der Waals surface area (Å²) in [5, 5.41) is 9.40. The van der Waals surface area contributed by atoms with E-state index in [2.05, 4.69) is 33.9 Å². The topological polar surface area (TPSA) is 75.1 Å². The Balaban J connectivity index is 2.68. The first kappa shape index (κ1) is 20.9. The van der Waals surface area contributed by atoms with Crippen LogP contribution in [0, 0.1) is 11.3 Å². The van der Waals surface area contributed by atoms with Gasteiger partial charge in [0.1, 0.15) is 6.07 Å². The number of carbonyl (C=O) groups excluding carboxylic acids is 1. The molecule has 138 valence electrons. The van der Waals surface area contributed by atoms with Crippen molar-refractivity contribution in [1.82, 2.24) is 4.90 Å². The normalized spacial score (nSPS) is 22.2. The molecule has 1 amide bonds. The molecule has 1 fully saturated rings. The third-order valence-electron chi connectivity index (χ3n) is 4.68. The maximum atomic E-state index is 12.3. The number of epoxide rings is 1. The van der Waals surface area contributed by atoms with Gasteiger partial charge in [0, 0.05) is 12.1 Å². The number of carbonyl (C=O) groups is 1. The summed E-state index contributed by atoms with van der Waals surface area (Å²) < 4.78 is 17.0. The molecule has 0 aromatic heterocycles. The van der Waals surface area contributed by atoms with E-state index < -0.39 is 32.9 Å². The summed E-state index contributed by atoms with van der Waals surface area (Å²) in [5.74, 6) is 0. The van der Waals surface area contributed by atoms with E-state index in [1.165, 1.54) is 0 Å². The molecule has 1 heterocycles. The average Bonchev–Trinajstić information content (AvgIpc) is 3.11. The highest BCUT2D eigenvalue weighted by Gasteiger charge is 2.53. The van der Waals surface area contributed by atoms with E-state index in [1.54, 1.807) is 4.90 Å². The lowest BCUT2D eigenvalue weighted by Gasteiger charge is -2.35. The number of rotatable bonds is 6. The highest BCUT2D eigenvalue weighted by Crippen LogP contribution is 2.41. The number of hydrogen-bond donors (Lipinski definition) is 0. The van der Waals surface area contributed by atoms with Gasteiger partial charge in [0.15, 0.2) is 20.7 Å². The lowest BCUT2D eigenvalue weighted by Crippen LogP contribution is -2.45. The van der Waals surface area contributed by atoms with E-state index in [4.69, 9.17) is 13.9 Å². The van der Waals surface area contributed by atoms with Gasteiger partial charge in [0.2, 0.25) is 6.10 Å². The van der Waals surface area contributed by atoms with Crippen molar-refractivity contribution in [2.24, 2.45) is 0 Å². The summed E-state index contributed by atoms with van der Waals surface area (Å²) in [6.45, 7) is 18.3. The molecule has 0 spiro atoms. The summed E-state index contributed by atoms with van der Waals surface area (Å²) >= 11 is 0. The van der Waals surface area contributed by atoms with Crippen molar-refractivity contribution < 1.29 is 18.7 Å². The Labute approximate surface area is 147 Å². The van der Waals surface area contributed by atoms with Crippen LogP contribution in [0.4, 0.5) is 4.79 Å². The quantitative estimate of drug-likeness (QED) is 0.533. The van der Waals surface area contributed by atoms with Crippen LogP contribution in [0.1, 0.15) is 48.5 Å². The Bertz CT molecular complexity index is 486. The number of nitrogens with zero attached hydrogens (tertiary/aromatic N) is 2. The van der Waals surface area contributed by atoms with Crippen molar-refractivity contribution in [3.8, 4) is 6.07 Å². The molecule has 1 aliphatic rings. The van der Waals surface area contributed by atoms with Crippen LogP contribution in [0.5, 0.6) is 0 Å². The fraction of sp³-hybridized carbons (Fsp3) is 0.882. The lowest BCUT2D eigenvalue weighted by molar-refractivity contribution is 0.0534. The molecule has 1 rings (SSSR count). The summed E-state index contributed by atoms with van der Waals surface area (Å²) in [6, 6.07) is 2.02. The molecule has 6 nitrogen and oxygen atoms in total. The van der Waals surface area contributed by atoms with Crippen molar-refractivity contribution in [3.63, 3.8) is 0 Å². The van der Waals surface area contributed by atoms with Gasteiger partial charge in [-0.25, -0.2) is 4.79 Å². The Hall–Kier alpha value is -1.10. The monoisotopic (exact) mass is 356 g/mol. The molecule has 0 aromatic rings. The molecule has 0 N–H and O–H groups in total. The second-order valence-corrected chi connectivity index (χ2v) is 13.1. The second-order valence-electron chi connectivity index (χ2n) is 8.38. The van der Waals surface area contributed by atoms with Gasteiger partial charge in [-0.1, -0.05) is 20.8 Å². The smallest absolute Gasteiger partial charge is 0.411 e. The second kappa shape index (κ2) is 7.42. The standard InChI is InChI=1S/C17H32N2O4Si/c1-11(2)19(12(3)4)16(20)21-13(10-18)14-15(22-14)23-24(8,9)17(5,6)7/h11-15H,1-9H3/t13-,14+,15+/m0/s1. The van der Waals surface area contributed by atoms with Crippen molar-refractivity contribution in [3.05, 3.63) is 0 Å². The van der Waals surface area contributed by atoms with Crippen molar-refractivity contribution in [1.29, 1.82) is 5.26 Å². The molecule has 0 radical (unpaired) electrons. The maximum Gasteiger partial charge on any atom is 0.411 e. The summed E-state index contributed by atoms with van der Waals surface area (Å²) in [7, 11) is -1.99. The Morgan fingerprint density at radius 1 is 1.21 bits per heavy atom. The van der Waals surface area contributed by atoms with Crippen molar-refractivity contribution >= 4 is 14.4 Å². The first-order valence-corrected chi connectivity index (χ1v) is 11.4. The zero-order chi connectivity index (χ0) is 18.9. The van der Waals surface area contributed by atoms with Gasteiger partial charge in [-0.05, 0) is 45.8 Å². The van der Waals surface area contributed by atoms with Gasteiger partial charge in [-0.15, -0.1) is 0 Å². The maximum absolute atomic E-state index is 12.3. The minimum absolute atomic E-state index is 0.00348. The largest absolute Gasteiger partial charge is 0.428 e. The van der Waals surface area contributed by atoms with Crippen molar-refractivity contribution in [2.75, 3.05) is 0 Å². The molecule has 1 aliphatic heterocycles. The number of ether oxygens (including phenoxy) is 2. The van der Waals surface area contributed by atoms with E-state index in [0.29, 0.717) is 0 Å². The van der Waals surface area contributed by atoms with Gasteiger partial charge in [-0.3, -0.25) is 0 Å². The SMILES string of the molecule is CC(C)N(C(=O)O[C@@H](C#N)[C@H]1O[C@@H]1O[Si](C)(C)C(C)(C)C)C(C)C. The molecule has 1 saturated heterocycles. The van der Waals surface area contributed by atoms with Gasteiger partial charge < -0.3 is 18.8 Å². The molecule has 24 heavy (non-hydrogen) atoms. The van der Waals surface area contributed by atoms with E-state index in [9.17, 15) is 10.1 Å². The van der Waals surface area contributed by atoms with Crippen LogP contribution in [-0.2, 0) is 13.9 Å². The van der Waals surface area contributed by atoms with Gasteiger partial charge >= 0.3 is 6.09 Å². The highest BCUT2D eigenvalue weighted by molar-refractivity contribution is 6.74. The van der Waals surface area contributed by atoms with E-state index in [0.717, 1.165) is 0 Å². The zero-order valence-electron chi connectivity index (χ0n) is 16.4. The summed E-state index contributed by atoms with van der Waals surface area (Å²) in [4.78, 5) is 14.0. The summed E-state index contributed by atoms with van der Waals surface area (Å²) in [5.41, 5.74) is 0. The van der Waals surface area contributed by atoms with Gasteiger partial charge in [-0.2, -0.15) is 5.26 Å². The Morgan fingerprint density at radius 2 is 1.71 bits per heavy atom. The van der Waals surface area contributed by atoms with Crippen LogP contribution < -0.4 is 0 Å². The minimum Gasteiger partial charge on any atom is -0.428 e. The van der Waals surface area contributed by atoms with Crippen LogP contribution in [0.25, 0.3) is 0 Å². The fourth-order valence-electron chi connectivity index (χ4n) is 2.24. The molecule has 0 bridgehead atoms.